The van der Waals surface area contributed by atoms with Gasteiger partial charge in [-0.05, 0) is 86.8 Å². The molecule has 0 bridgehead atoms. The van der Waals surface area contributed by atoms with Crippen molar-refractivity contribution in [1.29, 1.82) is 0 Å². The molecule has 0 unspecified atom stereocenters. The molecule has 30 heavy (non-hydrogen) atoms. The first kappa shape index (κ1) is 21.7. The summed E-state index contributed by atoms with van der Waals surface area (Å²) < 4.78 is 0. The molecule has 162 valence electrons. The number of nitrogens with zero attached hydrogens (tertiary/aromatic N) is 4. The van der Waals surface area contributed by atoms with E-state index in [1.165, 1.54) is 79.8 Å². The van der Waals surface area contributed by atoms with E-state index >= 15 is 0 Å². The third-order valence-electron chi connectivity index (χ3n) is 6.67. The summed E-state index contributed by atoms with van der Waals surface area (Å²) in [6, 6.07) is 9.00. The lowest BCUT2D eigenvalue weighted by molar-refractivity contribution is 0.153. The highest BCUT2D eigenvalue weighted by Crippen LogP contribution is 2.26. The van der Waals surface area contributed by atoms with Crippen LogP contribution < -0.4 is 4.90 Å². The maximum atomic E-state index is 5.73. The molecule has 4 nitrogen and oxygen atoms in total. The van der Waals surface area contributed by atoms with Crippen LogP contribution >= 0.6 is 12.2 Å². The number of likely N-dealkylation sites (N-methyl/N-ethyl adjacent to an activating group) is 1. The van der Waals surface area contributed by atoms with Gasteiger partial charge in [-0.1, -0.05) is 18.3 Å². The maximum Gasteiger partial charge on any atom is 0.129 e. The fraction of sp³-hybridized carbons (Fsp3) is 0.600. The SMILES string of the molecule is Cc1cc(N2CCCCC2)nc2ccc(CC(=S)CCCN3CCN(C)CC3)cc12. The minimum atomic E-state index is 0.904. The Balaban J connectivity index is 1.33. The fourth-order valence-electron chi connectivity index (χ4n) is 4.71. The molecule has 0 radical (unpaired) electrons. The van der Waals surface area contributed by atoms with E-state index in [0.29, 0.717) is 0 Å². The molecule has 4 rings (SSSR count). The van der Waals surface area contributed by atoms with Gasteiger partial charge in [-0.15, -0.1) is 0 Å². The molecule has 2 saturated heterocycles. The van der Waals surface area contributed by atoms with Crippen LogP contribution in [0.2, 0.25) is 0 Å². The van der Waals surface area contributed by atoms with E-state index in [0.717, 1.165) is 37.3 Å². The van der Waals surface area contributed by atoms with Gasteiger partial charge in [0.05, 0.1) is 5.52 Å². The topological polar surface area (TPSA) is 22.6 Å². The molecular weight excluding hydrogens is 388 g/mol. The summed E-state index contributed by atoms with van der Waals surface area (Å²) in [5.41, 5.74) is 3.76. The molecule has 0 aliphatic carbocycles. The largest absolute Gasteiger partial charge is 0.357 e. The highest BCUT2D eigenvalue weighted by atomic mass is 32.1. The number of aryl methyl sites for hydroxylation is 1. The molecule has 0 atom stereocenters. The molecule has 0 spiro atoms. The number of hydrogen-bond acceptors (Lipinski definition) is 5. The second kappa shape index (κ2) is 10.2. The highest BCUT2D eigenvalue weighted by Gasteiger charge is 2.15. The van der Waals surface area contributed by atoms with E-state index in [-0.39, 0.29) is 0 Å². The van der Waals surface area contributed by atoms with Crippen LogP contribution in [0.15, 0.2) is 24.3 Å². The summed E-state index contributed by atoms with van der Waals surface area (Å²) in [7, 11) is 2.21. The average Bonchev–Trinajstić information content (AvgIpc) is 2.76. The molecule has 2 aliphatic heterocycles. The smallest absolute Gasteiger partial charge is 0.129 e. The Kier molecular flexibility index (Phi) is 7.34. The number of aromatic nitrogens is 1. The van der Waals surface area contributed by atoms with Gasteiger partial charge in [0.15, 0.2) is 0 Å². The molecule has 5 heteroatoms. The number of rotatable bonds is 7. The average molecular weight is 425 g/mol. The Morgan fingerprint density at radius 1 is 1.00 bits per heavy atom. The maximum absolute atomic E-state index is 5.73. The van der Waals surface area contributed by atoms with Crippen LogP contribution in [0, 0.1) is 6.92 Å². The highest BCUT2D eigenvalue weighted by molar-refractivity contribution is 7.80. The van der Waals surface area contributed by atoms with Crippen LogP contribution in [0.1, 0.15) is 43.2 Å². The molecule has 0 amide bonds. The van der Waals surface area contributed by atoms with Gasteiger partial charge in [-0.2, -0.15) is 0 Å². The molecule has 2 aliphatic rings. The first-order valence-electron chi connectivity index (χ1n) is 11.7. The zero-order valence-electron chi connectivity index (χ0n) is 18.7. The van der Waals surface area contributed by atoms with Crippen LogP contribution in [0.25, 0.3) is 10.9 Å². The lowest BCUT2D eigenvalue weighted by Gasteiger charge is -2.32. The van der Waals surface area contributed by atoms with Crippen molar-refractivity contribution in [1.82, 2.24) is 14.8 Å². The lowest BCUT2D eigenvalue weighted by Crippen LogP contribution is -2.44. The summed E-state index contributed by atoms with van der Waals surface area (Å²) in [5.74, 6) is 1.15. The fourth-order valence-corrected chi connectivity index (χ4v) is 5.02. The summed E-state index contributed by atoms with van der Waals surface area (Å²) in [4.78, 5) is 13.6. The van der Waals surface area contributed by atoms with Crippen LogP contribution in [0.5, 0.6) is 0 Å². The minimum Gasteiger partial charge on any atom is -0.357 e. The zero-order chi connectivity index (χ0) is 20.9. The molecule has 0 saturated carbocycles. The van der Waals surface area contributed by atoms with Crippen LogP contribution in [0.3, 0.4) is 0 Å². The Morgan fingerprint density at radius 3 is 2.53 bits per heavy atom. The number of anilines is 1. The van der Waals surface area contributed by atoms with E-state index in [1.54, 1.807) is 0 Å². The summed E-state index contributed by atoms with van der Waals surface area (Å²) in [6.07, 6.45) is 7.04. The second-order valence-corrected chi connectivity index (χ2v) is 9.74. The minimum absolute atomic E-state index is 0.904. The quantitative estimate of drug-likeness (QED) is 0.610. The van der Waals surface area contributed by atoms with Crippen molar-refractivity contribution >= 4 is 33.8 Å². The van der Waals surface area contributed by atoms with Crippen molar-refractivity contribution in [3.05, 3.63) is 35.4 Å². The molecule has 3 heterocycles. The van der Waals surface area contributed by atoms with E-state index in [1.807, 2.05) is 0 Å². The molecule has 1 aromatic carbocycles. The van der Waals surface area contributed by atoms with Crippen molar-refractivity contribution in [2.75, 3.05) is 57.8 Å². The third-order valence-corrected chi connectivity index (χ3v) is 7.02. The van der Waals surface area contributed by atoms with Gasteiger partial charge in [0.1, 0.15) is 5.82 Å². The van der Waals surface area contributed by atoms with Crippen LogP contribution in [0.4, 0.5) is 5.82 Å². The molecule has 0 N–H and O–H groups in total. The number of fused-ring (bicyclic) bond motifs is 1. The van der Waals surface area contributed by atoms with E-state index < -0.39 is 0 Å². The molecule has 2 aromatic rings. The van der Waals surface area contributed by atoms with Crippen molar-refractivity contribution < 1.29 is 0 Å². The van der Waals surface area contributed by atoms with Crippen LogP contribution in [-0.2, 0) is 6.42 Å². The number of benzene rings is 1. The molecule has 2 fully saturated rings. The first-order chi connectivity index (χ1) is 14.6. The van der Waals surface area contributed by atoms with Crippen molar-refractivity contribution in [3.63, 3.8) is 0 Å². The predicted molar refractivity (Wildman–Crippen MR) is 132 cm³/mol. The third kappa shape index (κ3) is 5.57. The van der Waals surface area contributed by atoms with Gasteiger partial charge in [0.2, 0.25) is 0 Å². The van der Waals surface area contributed by atoms with Gasteiger partial charge in [-0.3, -0.25) is 0 Å². The Labute approximate surface area is 187 Å². The number of pyridine rings is 1. The molecule has 1 aromatic heterocycles. The monoisotopic (exact) mass is 424 g/mol. The Morgan fingerprint density at radius 2 is 1.77 bits per heavy atom. The molecular formula is C25H36N4S. The Bertz CT molecular complexity index is 867. The second-order valence-electron chi connectivity index (χ2n) is 9.16. The Hall–Kier alpha value is -1.56. The number of hydrogen-bond donors (Lipinski definition) is 0. The lowest BCUT2D eigenvalue weighted by atomic mass is 10.0. The normalized spacial score (nSPS) is 18.8. The van der Waals surface area contributed by atoms with E-state index in [2.05, 4.69) is 52.9 Å². The summed E-state index contributed by atoms with van der Waals surface area (Å²) in [5, 5.41) is 1.27. The van der Waals surface area contributed by atoms with Crippen molar-refractivity contribution in [2.24, 2.45) is 0 Å². The number of piperidine rings is 1. The number of thiocarbonyl (C=S) groups is 1. The van der Waals surface area contributed by atoms with Crippen molar-refractivity contribution in [2.45, 2.75) is 45.4 Å². The van der Waals surface area contributed by atoms with Gasteiger partial charge in [0, 0.05) is 51.1 Å². The van der Waals surface area contributed by atoms with E-state index in [4.69, 9.17) is 17.2 Å². The predicted octanol–water partition coefficient (Wildman–Crippen LogP) is 4.47. The van der Waals surface area contributed by atoms with Crippen molar-refractivity contribution in [3.8, 4) is 0 Å². The standard InChI is InChI=1S/C25H36N4S/c1-20-17-25(29-11-4-3-5-12-29)26-24-9-8-21(19-23(20)24)18-22(30)7-6-10-28-15-13-27(2)14-16-28/h8-9,17,19H,3-7,10-16,18H2,1-2H3. The van der Waals surface area contributed by atoms with Crippen LogP contribution in [-0.4, -0.2) is 72.5 Å². The van der Waals surface area contributed by atoms with Gasteiger partial charge in [-0.25, -0.2) is 4.98 Å². The van der Waals surface area contributed by atoms with Gasteiger partial charge in [0.25, 0.3) is 0 Å². The van der Waals surface area contributed by atoms with Gasteiger partial charge >= 0.3 is 0 Å². The summed E-state index contributed by atoms with van der Waals surface area (Å²) >= 11 is 5.73. The van der Waals surface area contributed by atoms with E-state index in [9.17, 15) is 0 Å². The summed E-state index contributed by atoms with van der Waals surface area (Å²) in [6.45, 7) is 10.4. The van der Waals surface area contributed by atoms with Gasteiger partial charge < -0.3 is 14.7 Å². The zero-order valence-corrected chi connectivity index (χ0v) is 19.5. The first-order valence-corrected chi connectivity index (χ1v) is 12.1. The number of piperazine rings is 1.